The van der Waals surface area contributed by atoms with Crippen molar-refractivity contribution >= 4 is 28.8 Å². The SMILES string of the molecule is CC1(C)c2ccccc2C2(c3ccccc3Oc3ccccc32)c2cc(-c3ccc([Si](c4ccccc4)(c4ccccc4)c4ccccc4)cc3)ccc21. The fraction of sp³-hybridized carbons (Fsp3) is 0.0769. The van der Waals surface area contributed by atoms with Crippen molar-refractivity contribution in [1.82, 2.24) is 0 Å². The Morgan fingerprint density at radius 2 is 0.722 bits per heavy atom. The van der Waals surface area contributed by atoms with E-state index in [4.69, 9.17) is 4.74 Å². The zero-order chi connectivity index (χ0) is 36.3. The molecule has 1 spiro atoms. The molecule has 8 aromatic rings. The van der Waals surface area contributed by atoms with Gasteiger partial charge in [0.05, 0.1) is 5.41 Å². The van der Waals surface area contributed by atoms with E-state index < -0.39 is 13.5 Å². The molecule has 2 aliphatic rings. The fourth-order valence-corrected chi connectivity index (χ4v) is 14.5. The van der Waals surface area contributed by atoms with E-state index in [-0.39, 0.29) is 5.41 Å². The average molecular weight is 709 g/mol. The van der Waals surface area contributed by atoms with Crippen LogP contribution in [0, 0.1) is 0 Å². The zero-order valence-electron chi connectivity index (χ0n) is 30.5. The summed E-state index contributed by atoms with van der Waals surface area (Å²) in [5.41, 5.74) is 9.38. The summed E-state index contributed by atoms with van der Waals surface area (Å²) in [5, 5.41) is 5.50. The topological polar surface area (TPSA) is 9.23 Å². The summed E-state index contributed by atoms with van der Waals surface area (Å²) in [7, 11) is -2.63. The first-order valence-corrected chi connectivity index (χ1v) is 20.9. The van der Waals surface area contributed by atoms with Gasteiger partial charge in [0.15, 0.2) is 8.07 Å². The highest BCUT2D eigenvalue weighted by molar-refractivity contribution is 7.19. The first kappa shape index (κ1) is 32.4. The Balaban J connectivity index is 1.20. The Hall–Kier alpha value is -6.22. The quantitative estimate of drug-likeness (QED) is 0.128. The van der Waals surface area contributed by atoms with Crippen LogP contribution in [-0.4, -0.2) is 8.07 Å². The van der Waals surface area contributed by atoms with E-state index in [1.54, 1.807) is 0 Å². The summed E-state index contributed by atoms with van der Waals surface area (Å²) in [6, 6.07) is 76.5. The van der Waals surface area contributed by atoms with Crippen LogP contribution in [0.5, 0.6) is 11.5 Å². The van der Waals surface area contributed by atoms with Crippen LogP contribution in [0.15, 0.2) is 206 Å². The van der Waals surface area contributed by atoms with Crippen LogP contribution >= 0.6 is 0 Å². The predicted molar refractivity (Wildman–Crippen MR) is 226 cm³/mol. The molecule has 54 heavy (non-hydrogen) atoms. The highest BCUT2D eigenvalue weighted by Gasteiger charge is 2.53. The van der Waals surface area contributed by atoms with Gasteiger partial charge in [-0.15, -0.1) is 0 Å². The number of benzene rings is 8. The van der Waals surface area contributed by atoms with Gasteiger partial charge in [-0.2, -0.15) is 0 Å². The summed E-state index contributed by atoms with van der Waals surface area (Å²) >= 11 is 0. The number of hydrogen-bond acceptors (Lipinski definition) is 1. The van der Waals surface area contributed by atoms with Crippen LogP contribution in [0.2, 0.25) is 0 Å². The van der Waals surface area contributed by atoms with Crippen LogP contribution in [0.4, 0.5) is 0 Å². The smallest absolute Gasteiger partial charge is 0.179 e. The van der Waals surface area contributed by atoms with Gasteiger partial charge in [0.2, 0.25) is 0 Å². The third kappa shape index (κ3) is 4.57. The molecule has 0 atom stereocenters. The minimum absolute atomic E-state index is 0.200. The number of para-hydroxylation sites is 2. The molecule has 1 aliphatic carbocycles. The highest BCUT2D eigenvalue weighted by atomic mass is 28.3. The van der Waals surface area contributed by atoms with Crippen molar-refractivity contribution < 1.29 is 4.74 Å². The second-order valence-electron chi connectivity index (χ2n) is 15.2. The van der Waals surface area contributed by atoms with Gasteiger partial charge in [-0.25, -0.2) is 0 Å². The molecule has 0 saturated carbocycles. The molecule has 8 aromatic carbocycles. The van der Waals surface area contributed by atoms with E-state index in [0.717, 1.165) is 11.5 Å². The molecule has 2 heteroatoms. The van der Waals surface area contributed by atoms with Crippen LogP contribution in [0.25, 0.3) is 11.1 Å². The molecule has 0 radical (unpaired) electrons. The normalized spacial score (nSPS) is 14.6. The zero-order valence-corrected chi connectivity index (χ0v) is 31.5. The minimum Gasteiger partial charge on any atom is -0.457 e. The molecular weight excluding hydrogens is 669 g/mol. The standard InChI is InChI=1S/C52H40OSi/c1-51(2)43-24-12-13-25-45(43)52(46-26-14-16-28-49(46)53-50-29-17-15-27-47(50)52)48-36-38(32-35-44(48)51)37-30-33-42(34-31-37)54(39-18-6-3-7-19-39,40-20-8-4-9-21-40)41-22-10-5-11-23-41/h3-36H,1-2H3. The maximum Gasteiger partial charge on any atom is 0.179 e. The molecule has 0 fully saturated rings. The Kier molecular flexibility index (Phi) is 7.47. The molecule has 10 rings (SSSR count). The van der Waals surface area contributed by atoms with Crippen molar-refractivity contribution in [3.05, 3.63) is 240 Å². The molecule has 0 bridgehead atoms. The van der Waals surface area contributed by atoms with E-state index >= 15 is 0 Å². The molecule has 0 N–H and O–H groups in total. The van der Waals surface area contributed by atoms with Crippen molar-refractivity contribution in [1.29, 1.82) is 0 Å². The third-order valence-electron chi connectivity index (χ3n) is 12.2. The Morgan fingerprint density at radius 3 is 1.24 bits per heavy atom. The number of hydrogen-bond donors (Lipinski definition) is 0. The lowest BCUT2D eigenvalue weighted by molar-refractivity contribution is 0.425. The maximum atomic E-state index is 6.66. The summed E-state index contributed by atoms with van der Waals surface area (Å²) < 4.78 is 6.66. The van der Waals surface area contributed by atoms with Gasteiger partial charge in [-0.3, -0.25) is 0 Å². The monoisotopic (exact) mass is 708 g/mol. The van der Waals surface area contributed by atoms with Gasteiger partial charge in [0.25, 0.3) is 0 Å². The van der Waals surface area contributed by atoms with Gasteiger partial charge in [0.1, 0.15) is 11.5 Å². The molecular formula is C52H40OSi. The third-order valence-corrected chi connectivity index (χ3v) is 17.0. The Morgan fingerprint density at radius 1 is 0.333 bits per heavy atom. The number of rotatable bonds is 5. The van der Waals surface area contributed by atoms with Gasteiger partial charge in [-0.05, 0) is 72.3 Å². The Labute approximate surface area is 319 Å². The molecule has 0 amide bonds. The minimum atomic E-state index is -2.63. The maximum absolute atomic E-state index is 6.66. The second-order valence-corrected chi connectivity index (χ2v) is 19.0. The number of fused-ring (bicyclic) bond motifs is 8. The van der Waals surface area contributed by atoms with Crippen molar-refractivity contribution in [3.63, 3.8) is 0 Å². The largest absolute Gasteiger partial charge is 0.457 e. The molecule has 0 aromatic heterocycles. The number of ether oxygens (including phenoxy) is 1. The molecule has 1 heterocycles. The first-order valence-electron chi connectivity index (χ1n) is 18.9. The Bertz CT molecular complexity index is 2500. The summed E-state index contributed by atoms with van der Waals surface area (Å²) in [5.74, 6) is 1.82. The predicted octanol–water partition coefficient (Wildman–Crippen LogP) is 9.86. The van der Waals surface area contributed by atoms with E-state index in [0.29, 0.717) is 0 Å². The summed E-state index contributed by atoms with van der Waals surface area (Å²) in [4.78, 5) is 0. The van der Waals surface area contributed by atoms with E-state index in [1.165, 1.54) is 65.3 Å². The average Bonchev–Trinajstić information content (AvgIpc) is 3.24. The molecule has 258 valence electrons. The van der Waals surface area contributed by atoms with E-state index in [1.807, 2.05) is 0 Å². The second kappa shape index (κ2) is 12.4. The lowest BCUT2D eigenvalue weighted by Gasteiger charge is -2.50. The molecule has 0 unspecified atom stereocenters. The summed E-state index contributed by atoms with van der Waals surface area (Å²) in [6.45, 7) is 4.76. The molecule has 1 nitrogen and oxygen atoms in total. The highest BCUT2D eigenvalue weighted by Crippen LogP contribution is 2.61. The van der Waals surface area contributed by atoms with Gasteiger partial charge in [-0.1, -0.05) is 202 Å². The van der Waals surface area contributed by atoms with Gasteiger partial charge in [0, 0.05) is 16.5 Å². The lowest BCUT2D eigenvalue weighted by Crippen LogP contribution is -2.74. The van der Waals surface area contributed by atoms with Gasteiger partial charge >= 0.3 is 0 Å². The van der Waals surface area contributed by atoms with Crippen LogP contribution < -0.4 is 25.5 Å². The summed E-state index contributed by atoms with van der Waals surface area (Å²) in [6.07, 6.45) is 0. The van der Waals surface area contributed by atoms with E-state index in [2.05, 4.69) is 220 Å². The van der Waals surface area contributed by atoms with E-state index in [9.17, 15) is 0 Å². The van der Waals surface area contributed by atoms with Gasteiger partial charge < -0.3 is 4.74 Å². The van der Waals surface area contributed by atoms with Crippen molar-refractivity contribution in [2.24, 2.45) is 0 Å². The van der Waals surface area contributed by atoms with Crippen LogP contribution in [0.3, 0.4) is 0 Å². The van der Waals surface area contributed by atoms with Crippen molar-refractivity contribution in [2.45, 2.75) is 24.7 Å². The molecule has 1 aliphatic heterocycles. The van der Waals surface area contributed by atoms with Crippen molar-refractivity contribution in [2.75, 3.05) is 0 Å². The van der Waals surface area contributed by atoms with Crippen LogP contribution in [0.1, 0.15) is 47.2 Å². The van der Waals surface area contributed by atoms with Crippen LogP contribution in [-0.2, 0) is 10.8 Å². The lowest BCUT2D eigenvalue weighted by atomic mass is 9.53. The molecule has 0 saturated heterocycles. The van der Waals surface area contributed by atoms with Crippen molar-refractivity contribution in [3.8, 4) is 22.6 Å². The first-order chi connectivity index (χ1) is 26.5. The fourth-order valence-electron chi connectivity index (χ4n) is 9.78.